The summed E-state index contributed by atoms with van der Waals surface area (Å²) in [6.07, 6.45) is 0.819. The van der Waals surface area contributed by atoms with E-state index in [-0.39, 0.29) is 19.0 Å². The smallest absolute Gasteiger partial charge is 0.290 e. The average molecular weight is 380 g/mol. The van der Waals surface area contributed by atoms with E-state index < -0.39 is 0 Å². The van der Waals surface area contributed by atoms with E-state index in [1.807, 2.05) is 46.1 Å². The number of rotatable bonds is 7. The van der Waals surface area contributed by atoms with E-state index in [0.29, 0.717) is 5.13 Å². The predicted octanol–water partition coefficient (Wildman–Crippen LogP) is 1.98. The maximum atomic E-state index is 12.0. The number of ether oxygens (including phenoxy) is 1. The molecule has 0 atom stereocenters. The lowest BCUT2D eigenvalue weighted by Gasteiger charge is -2.10. The fourth-order valence-electron chi connectivity index (χ4n) is 1.90. The molecule has 2 N–H and O–H groups in total. The number of hydrogen-bond acceptors (Lipinski definition) is 7. The van der Waals surface area contributed by atoms with Gasteiger partial charge in [-0.15, -0.1) is 10.2 Å². The molecule has 0 bridgehead atoms. The van der Waals surface area contributed by atoms with Gasteiger partial charge in [0.25, 0.3) is 12.4 Å². The molecule has 0 aliphatic heterocycles. The van der Waals surface area contributed by atoms with Crippen LogP contribution in [-0.2, 0) is 16.0 Å². The number of aromatic nitrogens is 2. The molecule has 1 aromatic carbocycles. The Morgan fingerprint density at radius 3 is 2.69 bits per heavy atom. The summed E-state index contributed by atoms with van der Waals surface area (Å²) in [6, 6.07) is 5.79. The first-order valence-electron chi connectivity index (χ1n) is 7.91. The average Bonchev–Trinajstić information content (AvgIpc) is 3.02. The highest BCUT2D eigenvalue weighted by Gasteiger charge is 2.10. The molecule has 8 nitrogen and oxygen atoms in total. The second kappa shape index (κ2) is 11.2. The Hall–Kier alpha value is -2.52. The molecule has 1 heterocycles. The summed E-state index contributed by atoms with van der Waals surface area (Å²) >= 11 is 1.39. The van der Waals surface area contributed by atoms with Crippen LogP contribution in [0.4, 0.5) is 5.13 Å². The Bertz CT molecular complexity index is 719. The van der Waals surface area contributed by atoms with Gasteiger partial charge in [-0.05, 0) is 45.1 Å². The van der Waals surface area contributed by atoms with E-state index in [4.69, 9.17) is 14.6 Å². The van der Waals surface area contributed by atoms with Crippen LogP contribution in [0.3, 0.4) is 0 Å². The fourth-order valence-corrected chi connectivity index (χ4v) is 2.65. The number of carboxylic acid groups (broad SMARTS) is 1. The lowest BCUT2D eigenvalue weighted by atomic mass is 10.1. The van der Waals surface area contributed by atoms with Crippen molar-refractivity contribution in [3.8, 4) is 5.75 Å². The second-order valence-electron chi connectivity index (χ2n) is 5.69. The predicted molar refractivity (Wildman–Crippen MR) is 101 cm³/mol. The van der Waals surface area contributed by atoms with Crippen LogP contribution in [0, 0.1) is 13.8 Å². The third kappa shape index (κ3) is 7.58. The molecule has 0 fully saturated rings. The number of carbonyl (C=O) groups is 2. The molecule has 0 aliphatic rings. The minimum absolute atomic E-state index is 0.0447. The van der Waals surface area contributed by atoms with Gasteiger partial charge in [0.05, 0.1) is 0 Å². The molecule has 1 aromatic heterocycles. The molecule has 0 saturated heterocycles. The van der Waals surface area contributed by atoms with E-state index in [0.717, 1.165) is 34.8 Å². The number of aryl methyl sites for hydroxylation is 1. The third-order valence-corrected chi connectivity index (χ3v) is 4.30. The summed E-state index contributed by atoms with van der Waals surface area (Å²) in [7, 11) is 4.02. The Morgan fingerprint density at radius 2 is 2.04 bits per heavy atom. The molecule has 1 amide bonds. The van der Waals surface area contributed by atoms with Crippen molar-refractivity contribution in [1.82, 2.24) is 15.1 Å². The zero-order valence-electron chi connectivity index (χ0n) is 15.4. The Morgan fingerprint density at radius 1 is 1.35 bits per heavy atom. The van der Waals surface area contributed by atoms with Gasteiger partial charge >= 0.3 is 0 Å². The van der Waals surface area contributed by atoms with Crippen LogP contribution < -0.4 is 10.1 Å². The SMILES string of the molecule is Cc1cccc(OCC(=O)Nc2nnc(CCN(C)C)s2)c1C.O=CO. The van der Waals surface area contributed by atoms with E-state index in [2.05, 4.69) is 20.4 Å². The van der Waals surface area contributed by atoms with Gasteiger partial charge in [0.2, 0.25) is 5.13 Å². The number of likely N-dealkylation sites (N-methyl/N-ethyl adjacent to an activating group) is 1. The Balaban J connectivity index is 0.00000105. The summed E-state index contributed by atoms with van der Waals surface area (Å²) < 4.78 is 5.58. The van der Waals surface area contributed by atoms with Crippen molar-refractivity contribution >= 4 is 28.8 Å². The molecular formula is C17H24N4O4S. The molecule has 9 heteroatoms. The number of carbonyl (C=O) groups excluding carboxylic acids is 1. The number of nitrogens with zero attached hydrogens (tertiary/aromatic N) is 3. The summed E-state index contributed by atoms with van der Waals surface area (Å²) in [5.74, 6) is 0.491. The number of amides is 1. The van der Waals surface area contributed by atoms with Crippen molar-refractivity contribution < 1.29 is 19.4 Å². The van der Waals surface area contributed by atoms with Gasteiger partial charge in [0.1, 0.15) is 10.8 Å². The van der Waals surface area contributed by atoms with Crippen LogP contribution in [0.15, 0.2) is 18.2 Å². The zero-order valence-corrected chi connectivity index (χ0v) is 16.2. The minimum Gasteiger partial charge on any atom is -0.483 e. The van der Waals surface area contributed by atoms with Crippen LogP contribution in [0.25, 0.3) is 0 Å². The van der Waals surface area contributed by atoms with Gasteiger partial charge < -0.3 is 14.7 Å². The molecule has 0 unspecified atom stereocenters. The largest absolute Gasteiger partial charge is 0.483 e. The van der Waals surface area contributed by atoms with Crippen molar-refractivity contribution in [3.63, 3.8) is 0 Å². The van der Waals surface area contributed by atoms with Gasteiger partial charge in [-0.3, -0.25) is 14.9 Å². The molecular weight excluding hydrogens is 356 g/mol. The van der Waals surface area contributed by atoms with E-state index >= 15 is 0 Å². The molecule has 142 valence electrons. The van der Waals surface area contributed by atoms with E-state index in [1.54, 1.807) is 0 Å². The lowest BCUT2D eigenvalue weighted by Crippen LogP contribution is -2.20. The van der Waals surface area contributed by atoms with Gasteiger partial charge in [-0.2, -0.15) is 0 Å². The van der Waals surface area contributed by atoms with Crippen LogP contribution in [-0.4, -0.2) is 59.8 Å². The molecule has 26 heavy (non-hydrogen) atoms. The Labute approximate surface area is 156 Å². The molecule has 0 spiro atoms. The fraction of sp³-hybridized carbons (Fsp3) is 0.412. The molecule has 2 aromatic rings. The number of nitrogens with one attached hydrogen (secondary N) is 1. The standard InChI is InChI=1S/C16H22N4O2S.CH2O2/c1-11-6-5-7-13(12(11)2)22-10-14(21)17-16-19-18-15(23-16)8-9-20(3)4;2-1-3/h5-7H,8-10H2,1-4H3,(H,17,19,21);1H,(H,2,3). The van der Waals surface area contributed by atoms with Gasteiger partial charge in [-0.25, -0.2) is 0 Å². The number of benzene rings is 1. The first-order valence-corrected chi connectivity index (χ1v) is 8.72. The zero-order chi connectivity index (χ0) is 19.5. The third-order valence-electron chi connectivity index (χ3n) is 3.40. The maximum absolute atomic E-state index is 12.0. The summed E-state index contributed by atoms with van der Waals surface area (Å²) in [5, 5.41) is 19.1. The van der Waals surface area contributed by atoms with Crippen LogP contribution in [0.5, 0.6) is 5.75 Å². The van der Waals surface area contributed by atoms with Gasteiger partial charge in [-0.1, -0.05) is 23.5 Å². The summed E-state index contributed by atoms with van der Waals surface area (Å²) in [4.78, 5) is 22.4. The van der Waals surface area contributed by atoms with Gasteiger partial charge in [0.15, 0.2) is 6.61 Å². The first kappa shape index (κ1) is 21.5. The molecule has 0 saturated carbocycles. The monoisotopic (exact) mass is 380 g/mol. The van der Waals surface area contributed by atoms with E-state index in [1.165, 1.54) is 11.3 Å². The highest BCUT2D eigenvalue weighted by molar-refractivity contribution is 7.15. The van der Waals surface area contributed by atoms with E-state index in [9.17, 15) is 4.79 Å². The maximum Gasteiger partial charge on any atom is 0.290 e. The van der Waals surface area contributed by atoms with Crippen molar-refractivity contribution in [2.75, 3.05) is 32.6 Å². The summed E-state index contributed by atoms with van der Waals surface area (Å²) in [5.41, 5.74) is 2.18. The molecule has 2 rings (SSSR count). The highest BCUT2D eigenvalue weighted by Crippen LogP contribution is 2.20. The number of anilines is 1. The highest BCUT2D eigenvalue weighted by atomic mass is 32.1. The van der Waals surface area contributed by atoms with Crippen molar-refractivity contribution in [3.05, 3.63) is 34.3 Å². The minimum atomic E-state index is -0.250. The second-order valence-corrected chi connectivity index (χ2v) is 6.76. The molecule has 0 radical (unpaired) electrons. The molecule has 0 aliphatic carbocycles. The topological polar surface area (TPSA) is 105 Å². The van der Waals surface area contributed by atoms with Crippen molar-refractivity contribution in [2.24, 2.45) is 0 Å². The van der Waals surface area contributed by atoms with Crippen molar-refractivity contribution in [1.29, 1.82) is 0 Å². The van der Waals surface area contributed by atoms with Crippen molar-refractivity contribution in [2.45, 2.75) is 20.3 Å². The normalized spacial score (nSPS) is 10.0. The first-order chi connectivity index (χ1) is 12.4. The van der Waals surface area contributed by atoms with Crippen LogP contribution >= 0.6 is 11.3 Å². The lowest BCUT2D eigenvalue weighted by molar-refractivity contribution is -0.123. The van der Waals surface area contributed by atoms with Crippen LogP contribution in [0.2, 0.25) is 0 Å². The summed E-state index contributed by atoms with van der Waals surface area (Å²) in [6.45, 7) is 4.60. The number of hydrogen-bond donors (Lipinski definition) is 2. The van der Waals surface area contributed by atoms with Gasteiger partial charge in [0, 0.05) is 13.0 Å². The van der Waals surface area contributed by atoms with Crippen LogP contribution in [0.1, 0.15) is 16.1 Å². The Kier molecular flexibility index (Phi) is 9.24. The quantitative estimate of drug-likeness (QED) is 0.708.